The molecule has 0 unspecified atom stereocenters. The molecular weight excluding hydrogens is 464 g/mol. The minimum atomic E-state index is -0.869. The van der Waals surface area contributed by atoms with E-state index in [1.807, 2.05) is 56.0 Å². The number of carbonyl (C=O) groups excluding carboxylic acids is 1. The number of hydrogen-bond donors (Lipinski definition) is 1. The molecular formula is C26H34N4O6. The first kappa shape index (κ1) is 26.9. The lowest BCUT2D eigenvalue weighted by atomic mass is 10.1. The van der Waals surface area contributed by atoms with Crippen LogP contribution in [0.4, 0.5) is 5.82 Å². The number of fused-ring (bicyclic) bond motifs is 1. The molecule has 0 aliphatic carbocycles. The fourth-order valence-electron chi connectivity index (χ4n) is 3.56. The van der Waals surface area contributed by atoms with Gasteiger partial charge in [-0.2, -0.15) is 5.10 Å². The number of carboxylic acid groups (broad SMARTS) is 1. The van der Waals surface area contributed by atoms with Gasteiger partial charge >= 0.3 is 11.9 Å². The maximum Gasteiger partial charge on any atom is 0.306 e. The van der Waals surface area contributed by atoms with Gasteiger partial charge in [0.05, 0.1) is 25.8 Å². The molecule has 0 atom stereocenters. The molecule has 3 aromatic rings. The normalized spacial score (nSPS) is 11.4. The molecule has 10 heteroatoms. The quantitative estimate of drug-likeness (QED) is 0.277. The molecule has 0 fully saturated rings. The molecule has 0 radical (unpaired) electrons. The second-order valence-electron chi connectivity index (χ2n) is 9.30. The summed E-state index contributed by atoms with van der Waals surface area (Å²) in [7, 11) is 1.60. The van der Waals surface area contributed by atoms with E-state index in [-0.39, 0.29) is 12.4 Å². The Kier molecular flexibility index (Phi) is 9.24. The van der Waals surface area contributed by atoms with Gasteiger partial charge in [0.15, 0.2) is 5.65 Å². The summed E-state index contributed by atoms with van der Waals surface area (Å²) in [6.07, 6.45) is 4.38. The van der Waals surface area contributed by atoms with Crippen LogP contribution in [-0.4, -0.2) is 70.7 Å². The van der Waals surface area contributed by atoms with Crippen molar-refractivity contribution < 1.29 is 28.9 Å². The predicted octanol–water partition coefficient (Wildman–Crippen LogP) is 3.82. The Morgan fingerprint density at radius 2 is 1.92 bits per heavy atom. The number of esters is 1. The van der Waals surface area contributed by atoms with Crippen LogP contribution in [0.25, 0.3) is 16.8 Å². The minimum absolute atomic E-state index is 0.00396. The molecule has 2 heterocycles. The van der Waals surface area contributed by atoms with Crippen LogP contribution in [0.5, 0.6) is 5.75 Å². The van der Waals surface area contributed by atoms with Crippen molar-refractivity contribution >= 4 is 23.4 Å². The fourth-order valence-corrected chi connectivity index (χ4v) is 3.56. The number of carboxylic acids is 1. The van der Waals surface area contributed by atoms with Gasteiger partial charge in [-0.25, -0.2) is 9.50 Å². The van der Waals surface area contributed by atoms with E-state index < -0.39 is 11.6 Å². The fraction of sp³-hybridized carbons (Fsp3) is 0.462. The van der Waals surface area contributed by atoms with Gasteiger partial charge in [-0.15, -0.1) is 0 Å². The van der Waals surface area contributed by atoms with Gasteiger partial charge in [0, 0.05) is 38.4 Å². The van der Waals surface area contributed by atoms with Crippen LogP contribution in [0.3, 0.4) is 0 Å². The SMILES string of the molecule is COCCN(CCC(=O)O)c1ccn2ncc(-c3cccc(OCCCC(=O)OC(C)(C)C)c3)c2n1. The molecule has 2 aromatic heterocycles. The van der Waals surface area contributed by atoms with Gasteiger partial charge in [0.25, 0.3) is 0 Å². The molecule has 0 spiro atoms. The van der Waals surface area contributed by atoms with Gasteiger partial charge in [0.2, 0.25) is 0 Å². The molecule has 36 heavy (non-hydrogen) atoms. The first-order valence-corrected chi connectivity index (χ1v) is 11.9. The summed E-state index contributed by atoms with van der Waals surface area (Å²) in [5.74, 6) is 0.217. The first-order valence-electron chi connectivity index (χ1n) is 11.9. The number of methoxy groups -OCH3 is 1. The lowest BCUT2D eigenvalue weighted by molar-refractivity contribution is -0.155. The molecule has 3 rings (SSSR count). The van der Waals surface area contributed by atoms with Crippen molar-refractivity contribution in [3.05, 3.63) is 42.7 Å². The Hall–Kier alpha value is -3.66. The van der Waals surface area contributed by atoms with E-state index in [2.05, 4.69) is 5.10 Å². The van der Waals surface area contributed by atoms with Crippen molar-refractivity contribution in [2.24, 2.45) is 0 Å². The molecule has 194 valence electrons. The largest absolute Gasteiger partial charge is 0.494 e. The number of nitrogens with zero attached hydrogens (tertiary/aromatic N) is 4. The van der Waals surface area contributed by atoms with Crippen molar-refractivity contribution in [2.45, 2.75) is 45.6 Å². The number of aliphatic carboxylic acids is 1. The summed E-state index contributed by atoms with van der Waals surface area (Å²) in [6.45, 7) is 7.21. The van der Waals surface area contributed by atoms with Crippen molar-refractivity contribution in [2.75, 3.05) is 38.3 Å². The van der Waals surface area contributed by atoms with E-state index in [0.717, 1.165) is 11.1 Å². The summed E-state index contributed by atoms with van der Waals surface area (Å²) in [6, 6.07) is 9.42. The number of benzene rings is 1. The minimum Gasteiger partial charge on any atom is -0.494 e. The second-order valence-corrected chi connectivity index (χ2v) is 9.30. The zero-order valence-electron chi connectivity index (χ0n) is 21.3. The maximum atomic E-state index is 11.9. The van der Waals surface area contributed by atoms with E-state index in [1.165, 1.54) is 0 Å². The second kappa shape index (κ2) is 12.3. The third kappa shape index (κ3) is 7.94. The Balaban J connectivity index is 1.72. The van der Waals surface area contributed by atoms with E-state index in [0.29, 0.717) is 56.4 Å². The lowest BCUT2D eigenvalue weighted by Crippen LogP contribution is -2.30. The average molecular weight is 499 g/mol. The number of aromatic nitrogens is 3. The predicted molar refractivity (Wildman–Crippen MR) is 135 cm³/mol. The molecule has 0 aliphatic heterocycles. The van der Waals surface area contributed by atoms with Crippen LogP contribution in [0.2, 0.25) is 0 Å². The number of carbonyl (C=O) groups is 2. The standard InChI is InChI=1S/C26H34N4O6/c1-26(2,3)36-24(33)9-6-15-35-20-8-5-7-19(17-20)21-18-27-30-13-10-22(28-25(21)30)29(14-16-34-4)12-11-23(31)32/h5,7-8,10,13,17-18H,6,9,11-12,14-16H2,1-4H3,(H,31,32). The number of ether oxygens (including phenoxy) is 3. The maximum absolute atomic E-state index is 11.9. The zero-order chi connectivity index (χ0) is 26.1. The highest BCUT2D eigenvalue weighted by Crippen LogP contribution is 2.28. The summed E-state index contributed by atoms with van der Waals surface area (Å²) < 4.78 is 18.0. The summed E-state index contributed by atoms with van der Waals surface area (Å²) >= 11 is 0. The van der Waals surface area contributed by atoms with Gasteiger partial charge in [-0.05, 0) is 51.0 Å². The van der Waals surface area contributed by atoms with Crippen molar-refractivity contribution in [3.63, 3.8) is 0 Å². The topological polar surface area (TPSA) is 115 Å². The van der Waals surface area contributed by atoms with Crippen LogP contribution >= 0.6 is 0 Å². The number of hydrogen-bond acceptors (Lipinski definition) is 8. The molecule has 10 nitrogen and oxygen atoms in total. The Morgan fingerprint density at radius 1 is 1.11 bits per heavy atom. The third-order valence-electron chi connectivity index (χ3n) is 5.20. The van der Waals surface area contributed by atoms with E-state index in [4.69, 9.17) is 24.3 Å². The van der Waals surface area contributed by atoms with Crippen molar-refractivity contribution in [1.82, 2.24) is 14.6 Å². The zero-order valence-corrected chi connectivity index (χ0v) is 21.3. The van der Waals surface area contributed by atoms with Crippen molar-refractivity contribution in [3.8, 4) is 16.9 Å². The monoisotopic (exact) mass is 498 g/mol. The number of rotatable bonds is 13. The van der Waals surface area contributed by atoms with Crippen LogP contribution < -0.4 is 9.64 Å². The van der Waals surface area contributed by atoms with E-state index >= 15 is 0 Å². The summed E-state index contributed by atoms with van der Waals surface area (Å²) in [5.41, 5.74) is 1.85. The third-order valence-corrected chi connectivity index (χ3v) is 5.20. The van der Waals surface area contributed by atoms with Crippen LogP contribution in [-0.2, 0) is 19.1 Å². The molecule has 0 saturated heterocycles. The number of anilines is 1. The molecule has 0 saturated carbocycles. The van der Waals surface area contributed by atoms with Gasteiger partial charge in [-0.1, -0.05) is 12.1 Å². The van der Waals surface area contributed by atoms with E-state index in [1.54, 1.807) is 24.0 Å². The van der Waals surface area contributed by atoms with Gasteiger partial charge < -0.3 is 24.2 Å². The Bertz CT molecular complexity index is 1170. The molecule has 0 amide bonds. The Morgan fingerprint density at radius 3 is 2.64 bits per heavy atom. The van der Waals surface area contributed by atoms with Gasteiger partial charge in [0.1, 0.15) is 17.2 Å². The van der Waals surface area contributed by atoms with E-state index in [9.17, 15) is 9.59 Å². The molecule has 0 aliphatic rings. The summed E-state index contributed by atoms with van der Waals surface area (Å²) in [5, 5.41) is 13.5. The van der Waals surface area contributed by atoms with Crippen molar-refractivity contribution in [1.29, 1.82) is 0 Å². The van der Waals surface area contributed by atoms with Crippen LogP contribution in [0, 0.1) is 0 Å². The summed E-state index contributed by atoms with van der Waals surface area (Å²) in [4.78, 5) is 29.7. The molecule has 1 aromatic carbocycles. The molecule has 0 bridgehead atoms. The molecule has 1 N–H and O–H groups in total. The highest BCUT2D eigenvalue weighted by Gasteiger charge is 2.16. The first-order chi connectivity index (χ1) is 17.2. The van der Waals surface area contributed by atoms with Crippen LogP contribution in [0.15, 0.2) is 42.7 Å². The Labute approximate surface area is 210 Å². The van der Waals surface area contributed by atoms with Gasteiger partial charge in [-0.3, -0.25) is 9.59 Å². The highest BCUT2D eigenvalue weighted by molar-refractivity contribution is 5.78. The smallest absolute Gasteiger partial charge is 0.306 e. The average Bonchev–Trinajstić information content (AvgIpc) is 3.24. The highest BCUT2D eigenvalue weighted by atomic mass is 16.6. The lowest BCUT2D eigenvalue weighted by Gasteiger charge is -2.22. The van der Waals surface area contributed by atoms with Crippen LogP contribution in [0.1, 0.15) is 40.0 Å².